The van der Waals surface area contributed by atoms with Crippen molar-refractivity contribution >= 4 is 70.5 Å². The summed E-state index contributed by atoms with van der Waals surface area (Å²) in [7, 11) is 0. The third kappa shape index (κ3) is 4.93. The topological polar surface area (TPSA) is 16.4 Å². The second kappa shape index (κ2) is 12.3. The molecule has 0 bridgehead atoms. The van der Waals surface area contributed by atoms with Gasteiger partial charge in [-0.15, -0.1) is 11.3 Å². The number of fused-ring (bicyclic) bond motifs is 9. The van der Waals surface area contributed by atoms with Crippen LogP contribution in [-0.2, 0) is 12.8 Å². The number of benzene rings is 8. The van der Waals surface area contributed by atoms with Gasteiger partial charge in [0.2, 0.25) is 0 Å². The first-order valence-electron chi connectivity index (χ1n) is 18.7. The number of hydrogen-bond donors (Lipinski definition) is 0. The highest BCUT2D eigenvalue weighted by Crippen LogP contribution is 2.49. The van der Waals surface area contributed by atoms with Gasteiger partial charge in [-0.25, -0.2) is 0 Å². The van der Waals surface area contributed by atoms with Crippen LogP contribution in [0.25, 0.3) is 75.5 Å². The van der Waals surface area contributed by atoms with Crippen molar-refractivity contribution < 1.29 is 4.42 Å². The van der Waals surface area contributed by atoms with Gasteiger partial charge < -0.3 is 9.32 Å². The Labute approximate surface area is 318 Å². The molecule has 0 radical (unpaired) electrons. The first kappa shape index (κ1) is 31.1. The number of hydrogen-bond acceptors (Lipinski definition) is 3. The molecule has 1 aliphatic carbocycles. The Kier molecular flexibility index (Phi) is 7.11. The van der Waals surface area contributed by atoms with Crippen molar-refractivity contribution in [2.45, 2.75) is 19.8 Å². The summed E-state index contributed by atoms with van der Waals surface area (Å²) in [4.78, 5) is 2.46. The average Bonchev–Trinajstić information content (AvgIpc) is 3.79. The fraction of sp³-hybridized carbons (Fsp3) is 0.0588. The molecule has 0 spiro atoms. The van der Waals surface area contributed by atoms with Crippen LogP contribution in [0, 0.1) is 6.92 Å². The molecule has 0 saturated heterocycles. The molecule has 8 aromatic carbocycles. The zero-order valence-corrected chi connectivity index (χ0v) is 30.7. The first-order valence-corrected chi connectivity index (χ1v) is 19.5. The summed E-state index contributed by atoms with van der Waals surface area (Å²) in [5.74, 6) is 0. The van der Waals surface area contributed by atoms with E-state index in [-0.39, 0.29) is 0 Å². The largest absolute Gasteiger partial charge is 0.456 e. The Bertz CT molecular complexity index is 3070. The van der Waals surface area contributed by atoms with Gasteiger partial charge in [0, 0.05) is 47.9 Å². The predicted octanol–water partition coefficient (Wildman–Crippen LogP) is 14.8. The highest BCUT2D eigenvalue weighted by Gasteiger charge is 2.27. The van der Waals surface area contributed by atoms with Crippen molar-refractivity contribution in [1.82, 2.24) is 0 Å². The minimum absolute atomic E-state index is 0.897. The predicted molar refractivity (Wildman–Crippen MR) is 230 cm³/mol. The molecule has 0 atom stereocenters. The second-order valence-corrected chi connectivity index (χ2v) is 15.5. The van der Waals surface area contributed by atoms with Crippen LogP contribution in [0.4, 0.5) is 17.1 Å². The first-order chi connectivity index (χ1) is 26.7. The number of furan rings is 1. The van der Waals surface area contributed by atoms with Gasteiger partial charge in [-0.05, 0) is 119 Å². The van der Waals surface area contributed by atoms with Crippen LogP contribution in [-0.4, -0.2) is 0 Å². The molecule has 0 saturated carbocycles. The number of nitrogens with zero attached hydrogens (tertiary/aromatic N) is 1. The monoisotopic (exact) mass is 709 g/mol. The molecule has 0 N–H and O–H groups in total. The van der Waals surface area contributed by atoms with E-state index in [1.807, 2.05) is 17.4 Å². The number of aryl methyl sites for hydroxylation is 2. The molecular weight excluding hydrogens is 675 g/mol. The van der Waals surface area contributed by atoms with Crippen LogP contribution >= 0.6 is 11.3 Å². The lowest BCUT2D eigenvalue weighted by Crippen LogP contribution is -2.15. The summed E-state index contributed by atoms with van der Waals surface area (Å²) in [6, 6.07) is 62.2. The number of rotatable bonds is 5. The number of anilines is 3. The fourth-order valence-corrected chi connectivity index (χ4v) is 9.89. The molecule has 0 amide bonds. The molecule has 1 aliphatic rings. The van der Waals surface area contributed by atoms with Gasteiger partial charge in [0.1, 0.15) is 11.2 Å². The zero-order chi connectivity index (χ0) is 35.8. The quantitative estimate of drug-likeness (QED) is 0.177. The molecule has 10 aromatic rings. The lowest BCUT2D eigenvalue weighted by molar-refractivity contribution is 0.669. The second-order valence-electron chi connectivity index (χ2n) is 14.4. The van der Waals surface area contributed by atoms with Gasteiger partial charge in [-0.1, -0.05) is 115 Å². The summed E-state index contributed by atoms with van der Waals surface area (Å²) in [6.45, 7) is 2.23. The van der Waals surface area contributed by atoms with E-state index in [2.05, 4.69) is 176 Å². The normalized spacial score (nSPS) is 12.4. The molecule has 2 nitrogen and oxygen atoms in total. The summed E-state index contributed by atoms with van der Waals surface area (Å²) in [5.41, 5.74) is 17.0. The van der Waals surface area contributed by atoms with Gasteiger partial charge in [0.15, 0.2) is 0 Å². The maximum Gasteiger partial charge on any atom is 0.135 e. The van der Waals surface area contributed by atoms with Gasteiger partial charge in [-0.2, -0.15) is 0 Å². The number of thiophene rings is 1. The molecule has 0 aliphatic heterocycles. The van der Waals surface area contributed by atoms with Crippen LogP contribution in [0.2, 0.25) is 0 Å². The van der Waals surface area contributed by atoms with Crippen molar-refractivity contribution in [3.05, 3.63) is 187 Å². The third-order valence-electron chi connectivity index (χ3n) is 11.4. The van der Waals surface area contributed by atoms with E-state index >= 15 is 0 Å². The van der Waals surface area contributed by atoms with Crippen molar-refractivity contribution in [2.75, 3.05) is 4.90 Å². The molecule has 3 heteroatoms. The van der Waals surface area contributed by atoms with Crippen molar-refractivity contribution in [1.29, 1.82) is 0 Å². The molecule has 256 valence electrons. The minimum atomic E-state index is 0.897. The summed E-state index contributed by atoms with van der Waals surface area (Å²) in [5, 5.41) is 4.90. The van der Waals surface area contributed by atoms with E-state index in [1.165, 1.54) is 75.9 Å². The Morgan fingerprint density at radius 2 is 1.19 bits per heavy atom. The summed E-state index contributed by atoms with van der Waals surface area (Å²) in [6.07, 6.45) is 2.01. The van der Waals surface area contributed by atoms with E-state index in [0.717, 1.165) is 46.2 Å². The Morgan fingerprint density at radius 3 is 2.07 bits per heavy atom. The SMILES string of the molecule is Cc1ccccc1-c1ccc(N(c2ccc(-c3ccc4c(c3)sc3ccccc34)cc2)c2ccc3oc4ccccc4c3c2)c2c1CCc1ccccc1-2. The standard InChI is InChI=1S/C51H35NOS/c1-32-10-2-4-12-38(32)40-27-28-46(51-39-13-5-3-11-34(39)20-26-44(40)51)52(37-24-29-48-45(31-37)41-14-6-8-16-47(41)53-48)36-22-18-33(19-23-36)35-21-25-43-42-15-7-9-17-49(42)54-50(43)30-35/h2-19,21-25,27-31H,20,26H2,1H3. The van der Waals surface area contributed by atoms with Crippen molar-refractivity contribution in [3.8, 4) is 33.4 Å². The Balaban J connectivity index is 1.12. The summed E-state index contributed by atoms with van der Waals surface area (Å²) >= 11 is 1.87. The lowest BCUT2D eigenvalue weighted by Gasteiger charge is -2.33. The molecule has 0 fully saturated rings. The van der Waals surface area contributed by atoms with Crippen molar-refractivity contribution in [2.24, 2.45) is 0 Å². The molecule has 2 heterocycles. The average molecular weight is 710 g/mol. The van der Waals surface area contributed by atoms with E-state index in [4.69, 9.17) is 4.42 Å². The molecule has 0 unspecified atom stereocenters. The van der Waals surface area contributed by atoms with Crippen LogP contribution < -0.4 is 4.90 Å². The molecular formula is C51H35NOS. The van der Waals surface area contributed by atoms with Crippen LogP contribution in [0.15, 0.2) is 174 Å². The van der Waals surface area contributed by atoms with Gasteiger partial charge in [0.05, 0.1) is 5.69 Å². The van der Waals surface area contributed by atoms with Crippen molar-refractivity contribution in [3.63, 3.8) is 0 Å². The van der Waals surface area contributed by atoms with Crippen LogP contribution in [0.3, 0.4) is 0 Å². The van der Waals surface area contributed by atoms with E-state index in [1.54, 1.807) is 0 Å². The minimum Gasteiger partial charge on any atom is -0.456 e. The van der Waals surface area contributed by atoms with Crippen LogP contribution in [0.1, 0.15) is 16.7 Å². The smallest absolute Gasteiger partial charge is 0.135 e. The van der Waals surface area contributed by atoms with Gasteiger partial charge >= 0.3 is 0 Å². The van der Waals surface area contributed by atoms with Gasteiger partial charge in [0.25, 0.3) is 0 Å². The maximum absolute atomic E-state index is 6.31. The maximum atomic E-state index is 6.31. The van der Waals surface area contributed by atoms with Gasteiger partial charge in [-0.3, -0.25) is 0 Å². The van der Waals surface area contributed by atoms with Crippen LogP contribution in [0.5, 0.6) is 0 Å². The molecule has 54 heavy (non-hydrogen) atoms. The highest BCUT2D eigenvalue weighted by molar-refractivity contribution is 7.25. The lowest BCUT2D eigenvalue weighted by atomic mass is 9.80. The molecule has 2 aromatic heterocycles. The summed E-state index contributed by atoms with van der Waals surface area (Å²) < 4.78 is 8.96. The zero-order valence-electron chi connectivity index (χ0n) is 29.8. The Hall–Kier alpha value is -6.42. The van der Waals surface area contributed by atoms with E-state index in [9.17, 15) is 0 Å². The van der Waals surface area contributed by atoms with E-state index in [0.29, 0.717) is 0 Å². The molecule has 11 rings (SSSR count). The Morgan fingerprint density at radius 1 is 0.481 bits per heavy atom. The third-order valence-corrected chi connectivity index (χ3v) is 12.5. The fourth-order valence-electron chi connectivity index (χ4n) is 8.74. The number of para-hydroxylation sites is 1. The highest BCUT2D eigenvalue weighted by atomic mass is 32.1. The van der Waals surface area contributed by atoms with E-state index < -0.39 is 0 Å².